The van der Waals surface area contributed by atoms with Gasteiger partial charge in [-0.2, -0.15) is 0 Å². The van der Waals surface area contributed by atoms with Crippen molar-refractivity contribution < 1.29 is 0 Å². The van der Waals surface area contributed by atoms with Gasteiger partial charge in [0.15, 0.2) is 0 Å². The molecule has 0 bridgehead atoms. The zero-order valence-electron chi connectivity index (χ0n) is 6.28. The van der Waals surface area contributed by atoms with E-state index in [4.69, 9.17) is 5.73 Å². The summed E-state index contributed by atoms with van der Waals surface area (Å²) in [5.41, 5.74) is 6.51. The van der Waals surface area contributed by atoms with Gasteiger partial charge in [0.2, 0.25) is 0 Å². The molecular formula is C7H11ClN2S. The van der Waals surface area contributed by atoms with Gasteiger partial charge < -0.3 is 5.73 Å². The molecule has 2 nitrogen and oxygen atoms in total. The van der Waals surface area contributed by atoms with E-state index in [1.165, 1.54) is 4.90 Å². The molecule has 0 fully saturated rings. The first-order valence-electron chi connectivity index (χ1n) is 3.05. The van der Waals surface area contributed by atoms with Crippen LogP contribution in [0.5, 0.6) is 0 Å². The second-order valence-corrected chi connectivity index (χ2v) is 2.82. The van der Waals surface area contributed by atoms with Gasteiger partial charge >= 0.3 is 0 Å². The first-order chi connectivity index (χ1) is 4.86. The van der Waals surface area contributed by atoms with Crippen LogP contribution >= 0.6 is 24.2 Å². The fourth-order valence-electron chi connectivity index (χ4n) is 0.687. The Morgan fingerprint density at radius 2 is 2.27 bits per heavy atom. The van der Waals surface area contributed by atoms with Crippen LogP contribution in [-0.2, 0) is 6.54 Å². The first kappa shape index (κ1) is 10.8. The average Bonchev–Trinajstić information content (AvgIpc) is 2.05. The number of halogens is 1. The van der Waals surface area contributed by atoms with E-state index in [-0.39, 0.29) is 12.4 Å². The predicted octanol–water partition coefficient (Wildman–Crippen LogP) is 1.68. The van der Waals surface area contributed by atoms with Gasteiger partial charge in [0, 0.05) is 23.8 Å². The molecule has 1 heterocycles. The Morgan fingerprint density at radius 3 is 2.82 bits per heavy atom. The van der Waals surface area contributed by atoms with Crippen molar-refractivity contribution in [2.75, 3.05) is 6.26 Å². The Labute approximate surface area is 77.0 Å². The number of hydrogen-bond acceptors (Lipinski definition) is 3. The van der Waals surface area contributed by atoms with E-state index in [1.807, 2.05) is 12.5 Å². The topological polar surface area (TPSA) is 38.9 Å². The zero-order chi connectivity index (χ0) is 7.40. The van der Waals surface area contributed by atoms with Crippen LogP contribution in [0.1, 0.15) is 5.56 Å². The number of thioether (sulfide) groups is 1. The molecule has 0 amide bonds. The lowest BCUT2D eigenvalue weighted by Crippen LogP contribution is -1.96. The highest BCUT2D eigenvalue weighted by Gasteiger charge is 1.91. The average molecular weight is 191 g/mol. The smallest absolute Gasteiger partial charge is 0.0404 e. The van der Waals surface area contributed by atoms with Crippen molar-refractivity contribution >= 4 is 24.2 Å². The first-order valence-corrected chi connectivity index (χ1v) is 4.27. The molecule has 1 rings (SSSR count). The molecule has 0 aliphatic heterocycles. The standard InChI is InChI=1S/C7H10N2S.ClH/c1-10-7-2-6(3-8)4-9-5-7;/h2,4-5H,3,8H2,1H3;1H. The van der Waals surface area contributed by atoms with E-state index < -0.39 is 0 Å². The third-order valence-corrected chi connectivity index (χ3v) is 1.94. The maximum absolute atomic E-state index is 5.42. The summed E-state index contributed by atoms with van der Waals surface area (Å²) in [6, 6.07) is 2.05. The second kappa shape index (κ2) is 5.41. The molecule has 0 spiro atoms. The number of aromatic nitrogens is 1. The molecule has 1 aromatic heterocycles. The van der Waals surface area contributed by atoms with E-state index >= 15 is 0 Å². The van der Waals surface area contributed by atoms with Gasteiger partial charge in [-0.25, -0.2) is 0 Å². The van der Waals surface area contributed by atoms with Gasteiger partial charge in [0.25, 0.3) is 0 Å². The SMILES string of the molecule is CSc1cncc(CN)c1.Cl. The number of pyridine rings is 1. The second-order valence-electron chi connectivity index (χ2n) is 1.94. The summed E-state index contributed by atoms with van der Waals surface area (Å²) in [5, 5.41) is 0. The van der Waals surface area contributed by atoms with Gasteiger partial charge in [0.1, 0.15) is 0 Å². The van der Waals surface area contributed by atoms with Crippen molar-refractivity contribution in [3.05, 3.63) is 24.0 Å². The number of nitrogens with two attached hydrogens (primary N) is 1. The summed E-state index contributed by atoms with van der Waals surface area (Å²) in [6.45, 7) is 0.571. The minimum absolute atomic E-state index is 0. The lowest BCUT2D eigenvalue weighted by atomic mass is 10.3. The summed E-state index contributed by atoms with van der Waals surface area (Å²) in [4.78, 5) is 5.19. The molecule has 1 aromatic rings. The highest BCUT2D eigenvalue weighted by atomic mass is 35.5. The fraction of sp³-hybridized carbons (Fsp3) is 0.286. The Kier molecular flexibility index (Phi) is 5.28. The number of hydrogen-bond donors (Lipinski definition) is 1. The molecule has 0 aliphatic rings. The largest absolute Gasteiger partial charge is 0.326 e. The maximum atomic E-state index is 5.42. The van der Waals surface area contributed by atoms with Gasteiger partial charge in [-0.3, -0.25) is 4.98 Å². The van der Waals surface area contributed by atoms with E-state index in [0.29, 0.717) is 6.54 Å². The minimum atomic E-state index is 0. The molecule has 0 saturated carbocycles. The molecule has 0 unspecified atom stereocenters. The molecule has 0 radical (unpaired) electrons. The van der Waals surface area contributed by atoms with Gasteiger partial charge in [0.05, 0.1) is 0 Å². The van der Waals surface area contributed by atoms with E-state index in [9.17, 15) is 0 Å². The maximum Gasteiger partial charge on any atom is 0.0404 e. The number of nitrogens with zero attached hydrogens (tertiary/aromatic N) is 1. The molecule has 0 aliphatic carbocycles. The minimum Gasteiger partial charge on any atom is -0.326 e. The molecule has 4 heteroatoms. The monoisotopic (exact) mass is 190 g/mol. The molecule has 0 saturated heterocycles. The van der Waals surface area contributed by atoms with E-state index in [1.54, 1.807) is 18.0 Å². The van der Waals surface area contributed by atoms with Crippen LogP contribution < -0.4 is 5.73 Å². The summed E-state index contributed by atoms with van der Waals surface area (Å²) < 4.78 is 0. The quantitative estimate of drug-likeness (QED) is 0.722. The predicted molar refractivity (Wildman–Crippen MR) is 51.2 cm³/mol. The van der Waals surface area contributed by atoms with Gasteiger partial charge in [-0.1, -0.05) is 0 Å². The van der Waals surface area contributed by atoms with Crippen LogP contribution in [0, 0.1) is 0 Å². The molecule has 62 valence electrons. The third kappa shape index (κ3) is 3.10. The molecule has 11 heavy (non-hydrogen) atoms. The lowest BCUT2D eigenvalue weighted by Gasteiger charge is -1.97. The van der Waals surface area contributed by atoms with Crippen molar-refractivity contribution in [2.45, 2.75) is 11.4 Å². The van der Waals surface area contributed by atoms with Crippen molar-refractivity contribution in [3.63, 3.8) is 0 Å². The molecular weight excluding hydrogens is 180 g/mol. The van der Waals surface area contributed by atoms with Crippen molar-refractivity contribution in [3.8, 4) is 0 Å². The van der Waals surface area contributed by atoms with E-state index in [2.05, 4.69) is 11.1 Å². The summed E-state index contributed by atoms with van der Waals surface area (Å²) in [6.07, 6.45) is 5.65. The van der Waals surface area contributed by atoms with Crippen LogP contribution in [0.25, 0.3) is 0 Å². The third-order valence-electron chi connectivity index (χ3n) is 1.24. The highest BCUT2D eigenvalue weighted by molar-refractivity contribution is 7.98. The highest BCUT2D eigenvalue weighted by Crippen LogP contribution is 2.13. The molecule has 0 aromatic carbocycles. The summed E-state index contributed by atoms with van der Waals surface area (Å²) in [5.74, 6) is 0. The fourth-order valence-corrected chi connectivity index (χ4v) is 1.12. The van der Waals surface area contributed by atoms with Crippen LogP contribution in [0.2, 0.25) is 0 Å². The Bertz CT molecular complexity index is 198. The van der Waals surface area contributed by atoms with Crippen molar-refractivity contribution in [1.82, 2.24) is 4.98 Å². The van der Waals surface area contributed by atoms with Crippen LogP contribution in [0.3, 0.4) is 0 Å². The summed E-state index contributed by atoms with van der Waals surface area (Å²) >= 11 is 1.68. The van der Waals surface area contributed by atoms with Crippen LogP contribution in [0.4, 0.5) is 0 Å². The Morgan fingerprint density at radius 1 is 1.55 bits per heavy atom. The van der Waals surface area contributed by atoms with Crippen LogP contribution in [-0.4, -0.2) is 11.2 Å². The number of rotatable bonds is 2. The Hall–Kier alpha value is -0.250. The van der Waals surface area contributed by atoms with Crippen molar-refractivity contribution in [1.29, 1.82) is 0 Å². The Balaban J connectivity index is 0.000001000. The normalized spacial score (nSPS) is 8.91. The molecule has 2 N–H and O–H groups in total. The van der Waals surface area contributed by atoms with Gasteiger partial charge in [-0.15, -0.1) is 24.2 Å². The van der Waals surface area contributed by atoms with Crippen LogP contribution in [0.15, 0.2) is 23.4 Å². The molecule has 0 atom stereocenters. The van der Waals surface area contributed by atoms with Gasteiger partial charge in [-0.05, 0) is 17.9 Å². The van der Waals surface area contributed by atoms with Crippen molar-refractivity contribution in [2.24, 2.45) is 5.73 Å². The zero-order valence-corrected chi connectivity index (χ0v) is 7.91. The summed E-state index contributed by atoms with van der Waals surface area (Å²) in [7, 11) is 0. The van der Waals surface area contributed by atoms with E-state index in [0.717, 1.165) is 5.56 Å². The lowest BCUT2D eigenvalue weighted by molar-refractivity contribution is 1.03.